The zero-order valence-corrected chi connectivity index (χ0v) is 30.4. The highest BCUT2D eigenvalue weighted by Crippen LogP contribution is 2.52. The van der Waals surface area contributed by atoms with E-state index in [2.05, 4.69) is 174 Å². The van der Waals surface area contributed by atoms with E-state index in [4.69, 9.17) is 0 Å². The van der Waals surface area contributed by atoms with Gasteiger partial charge in [-0.2, -0.15) is 0 Å². The first kappa shape index (κ1) is 31.6. The Kier molecular flexibility index (Phi) is 7.52. The second kappa shape index (κ2) is 12.9. The van der Waals surface area contributed by atoms with Gasteiger partial charge < -0.3 is 10.2 Å². The molecule has 0 saturated heterocycles. The average molecular weight is 695 g/mol. The minimum absolute atomic E-state index is 0.167. The van der Waals surface area contributed by atoms with Crippen LogP contribution < -0.4 is 10.2 Å². The highest BCUT2D eigenvalue weighted by Gasteiger charge is 2.35. The van der Waals surface area contributed by atoms with Gasteiger partial charge in [0.2, 0.25) is 0 Å². The summed E-state index contributed by atoms with van der Waals surface area (Å²) in [7, 11) is 0. The molecule has 0 radical (unpaired) electrons. The van der Waals surface area contributed by atoms with Crippen molar-refractivity contribution in [1.29, 1.82) is 0 Å². The number of hydrogen-bond donors (Lipinski definition) is 1. The van der Waals surface area contributed by atoms with E-state index in [1.165, 1.54) is 93.8 Å². The molecule has 2 atom stereocenters. The first-order valence-corrected chi connectivity index (χ1v) is 19.8. The summed E-state index contributed by atoms with van der Waals surface area (Å²) in [6, 6.07) is 57.6. The van der Waals surface area contributed by atoms with Gasteiger partial charge in [-0.1, -0.05) is 133 Å². The van der Waals surface area contributed by atoms with Crippen LogP contribution in [0.2, 0.25) is 0 Å². The molecule has 2 nitrogen and oxygen atoms in total. The first-order valence-electron chi connectivity index (χ1n) is 19.8. The van der Waals surface area contributed by atoms with Gasteiger partial charge in [-0.3, -0.25) is 0 Å². The third kappa shape index (κ3) is 5.12. The van der Waals surface area contributed by atoms with E-state index < -0.39 is 0 Å². The van der Waals surface area contributed by atoms with Gasteiger partial charge in [0, 0.05) is 29.9 Å². The zero-order valence-electron chi connectivity index (χ0n) is 30.4. The predicted molar refractivity (Wildman–Crippen MR) is 229 cm³/mol. The second-order valence-electron chi connectivity index (χ2n) is 15.4. The second-order valence-corrected chi connectivity index (χ2v) is 15.4. The number of nitrogens with one attached hydrogen (secondary N) is 1. The molecule has 0 bridgehead atoms. The van der Waals surface area contributed by atoms with Crippen LogP contribution in [0.15, 0.2) is 158 Å². The van der Waals surface area contributed by atoms with Gasteiger partial charge in [-0.15, -0.1) is 0 Å². The molecule has 260 valence electrons. The normalized spacial score (nSPS) is 17.7. The number of nitrogens with zero attached hydrogens (tertiary/aromatic N) is 1. The van der Waals surface area contributed by atoms with Crippen molar-refractivity contribution in [3.63, 3.8) is 0 Å². The first-order chi connectivity index (χ1) is 26.8. The van der Waals surface area contributed by atoms with E-state index in [0.717, 1.165) is 38.8 Å². The van der Waals surface area contributed by atoms with E-state index in [1.807, 2.05) is 0 Å². The fraction of sp³-hybridized carbons (Fsp3) is 0.154. The average Bonchev–Trinajstić information content (AvgIpc) is 3.22. The van der Waals surface area contributed by atoms with Crippen molar-refractivity contribution in [3.05, 3.63) is 186 Å². The summed E-state index contributed by atoms with van der Waals surface area (Å²) in [6.07, 6.45) is 9.44. The van der Waals surface area contributed by atoms with Crippen LogP contribution in [0, 0.1) is 0 Å². The van der Waals surface area contributed by atoms with Crippen molar-refractivity contribution in [1.82, 2.24) is 5.32 Å². The van der Waals surface area contributed by atoms with Gasteiger partial charge in [0.1, 0.15) is 0 Å². The highest BCUT2D eigenvalue weighted by atomic mass is 15.1. The number of fused-ring (bicyclic) bond motifs is 9. The molecule has 2 heterocycles. The lowest BCUT2D eigenvalue weighted by atomic mass is 9.70. The standard InChI is InChI=1S/C52H42N2/c1-3-15-38-31-40(23-21-34(38)11-1)49-45-27-28-47-51(43-19-7-5-13-36(43)17-9-29-53-47)52(45)50(41-24-22-35-12-2-4-16-39(35)32-41)44-26-25-42(33-46(44)49)54-30-10-18-37-14-6-8-20-48(37)54/h1-8,11-16,19-28,31-33,47,51,53H,9-10,17-18,29-30H2. The van der Waals surface area contributed by atoms with Crippen LogP contribution in [0.5, 0.6) is 0 Å². The van der Waals surface area contributed by atoms with Crippen molar-refractivity contribution in [2.24, 2.45) is 0 Å². The Morgan fingerprint density at radius 3 is 2.00 bits per heavy atom. The van der Waals surface area contributed by atoms with Crippen LogP contribution in [-0.4, -0.2) is 19.1 Å². The van der Waals surface area contributed by atoms with Crippen molar-refractivity contribution in [3.8, 4) is 22.3 Å². The van der Waals surface area contributed by atoms with Gasteiger partial charge in [0.25, 0.3) is 0 Å². The highest BCUT2D eigenvalue weighted by molar-refractivity contribution is 6.13. The molecule has 0 amide bonds. The van der Waals surface area contributed by atoms with E-state index in [-0.39, 0.29) is 12.0 Å². The summed E-state index contributed by atoms with van der Waals surface area (Å²) < 4.78 is 0. The Morgan fingerprint density at radius 1 is 0.537 bits per heavy atom. The lowest BCUT2D eigenvalue weighted by Gasteiger charge is -2.38. The SMILES string of the molecule is C1=CC2NCCCc3ccccc3C2c2c1c(-c1ccc3ccccc3c1)c1cc(N3CCCc4ccccc43)ccc1c2-c1ccc2ccccc2c1. The molecule has 2 aliphatic heterocycles. The van der Waals surface area contributed by atoms with E-state index in [9.17, 15) is 0 Å². The van der Waals surface area contributed by atoms with Crippen LogP contribution in [-0.2, 0) is 12.8 Å². The quantitative estimate of drug-likeness (QED) is 0.198. The minimum atomic E-state index is 0.167. The number of hydrogen-bond acceptors (Lipinski definition) is 2. The van der Waals surface area contributed by atoms with Gasteiger partial charge in [-0.25, -0.2) is 0 Å². The van der Waals surface area contributed by atoms with Crippen LogP contribution in [0.1, 0.15) is 46.6 Å². The number of para-hydroxylation sites is 1. The fourth-order valence-corrected chi connectivity index (χ4v) is 9.93. The van der Waals surface area contributed by atoms with Crippen LogP contribution >= 0.6 is 0 Å². The number of benzene rings is 8. The molecule has 0 aromatic heterocycles. The third-order valence-electron chi connectivity index (χ3n) is 12.4. The zero-order chi connectivity index (χ0) is 35.6. The number of rotatable bonds is 3. The Hall–Kier alpha value is -5.96. The Balaban J connectivity index is 1.28. The molecule has 3 aliphatic rings. The van der Waals surface area contributed by atoms with Crippen molar-refractivity contribution in [2.75, 3.05) is 18.0 Å². The maximum absolute atomic E-state index is 4.01. The Bertz CT molecular complexity index is 2790. The molecule has 8 aromatic rings. The molecule has 54 heavy (non-hydrogen) atoms. The number of anilines is 2. The Morgan fingerprint density at radius 2 is 1.20 bits per heavy atom. The van der Waals surface area contributed by atoms with Crippen LogP contribution in [0.25, 0.3) is 60.6 Å². The predicted octanol–water partition coefficient (Wildman–Crippen LogP) is 12.6. The molecule has 2 heteroatoms. The summed E-state index contributed by atoms with van der Waals surface area (Å²) in [4.78, 5) is 2.55. The van der Waals surface area contributed by atoms with Crippen molar-refractivity contribution in [2.45, 2.75) is 37.6 Å². The Labute approximate surface area is 317 Å². The van der Waals surface area contributed by atoms with Crippen molar-refractivity contribution >= 4 is 49.8 Å². The molecule has 0 saturated carbocycles. The topological polar surface area (TPSA) is 15.3 Å². The summed E-state index contributed by atoms with van der Waals surface area (Å²) in [5.41, 5.74) is 15.0. The molecule has 1 aliphatic carbocycles. The molecule has 1 N–H and O–H groups in total. The lowest BCUT2D eigenvalue weighted by molar-refractivity contribution is 0.511. The van der Waals surface area contributed by atoms with E-state index in [0.29, 0.717) is 0 Å². The molecule has 11 rings (SSSR count). The summed E-state index contributed by atoms with van der Waals surface area (Å²) in [5, 5.41) is 11.7. The van der Waals surface area contributed by atoms with Crippen molar-refractivity contribution < 1.29 is 0 Å². The smallest absolute Gasteiger partial charge is 0.0443 e. The molecule has 2 unspecified atom stereocenters. The van der Waals surface area contributed by atoms with Gasteiger partial charge in [0.05, 0.1) is 0 Å². The lowest BCUT2D eigenvalue weighted by Crippen LogP contribution is -2.38. The molecule has 0 spiro atoms. The maximum atomic E-state index is 4.01. The van der Waals surface area contributed by atoms with E-state index >= 15 is 0 Å². The van der Waals surface area contributed by atoms with E-state index in [1.54, 1.807) is 0 Å². The van der Waals surface area contributed by atoms with Gasteiger partial charge in [-0.05, 0) is 145 Å². The van der Waals surface area contributed by atoms with Gasteiger partial charge >= 0.3 is 0 Å². The summed E-state index contributed by atoms with van der Waals surface area (Å²) >= 11 is 0. The summed E-state index contributed by atoms with van der Waals surface area (Å²) in [5.74, 6) is 0.167. The molecule has 0 fully saturated rings. The fourth-order valence-electron chi connectivity index (χ4n) is 9.93. The largest absolute Gasteiger partial charge is 0.341 e. The molecular formula is C52H42N2. The van der Waals surface area contributed by atoms with Crippen LogP contribution in [0.4, 0.5) is 11.4 Å². The van der Waals surface area contributed by atoms with Crippen LogP contribution in [0.3, 0.4) is 0 Å². The minimum Gasteiger partial charge on any atom is -0.341 e. The maximum Gasteiger partial charge on any atom is 0.0443 e. The monoisotopic (exact) mass is 694 g/mol. The van der Waals surface area contributed by atoms with Gasteiger partial charge in [0.15, 0.2) is 0 Å². The number of aryl methyl sites for hydroxylation is 2. The third-order valence-corrected chi connectivity index (χ3v) is 12.4. The summed E-state index contributed by atoms with van der Waals surface area (Å²) in [6.45, 7) is 2.02. The molecule has 8 aromatic carbocycles. The molecular weight excluding hydrogens is 653 g/mol.